The average molecular weight is 439 g/mol. The SMILES string of the molecule is COc1ccc(OC)c(S(=O)(=O)NCCOc2cc(N3CCOCC3)nc(C)n2)c1. The fraction of sp³-hybridized carbons (Fsp3) is 0.474. The van der Waals surface area contributed by atoms with E-state index in [9.17, 15) is 8.42 Å². The Kier molecular flexibility index (Phi) is 7.29. The number of aryl methyl sites for hydroxylation is 1. The summed E-state index contributed by atoms with van der Waals surface area (Å²) in [5.41, 5.74) is 0. The minimum absolute atomic E-state index is 0.00293. The van der Waals surface area contributed by atoms with Gasteiger partial charge in [-0.15, -0.1) is 0 Å². The summed E-state index contributed by atoms with van der Waals surface area (Å²) in [5.74, 6) is 2.38. The molecule has 1 aromatic heterocycles. The second-order valence-electron chi connectivity index (χ2n) is 6.47. The van der Waals surface area contributed by atoms with Crippen LogP contribution in [0.4, 0.5) is 5.82 Å². The summed E-state index contributed by atoms with van der Waals surface area (Å²) in [7, 11) is -0.937. The van der Waals surface area contributed by atoms with E-state index in [1.54, 1.807) is 25.1 Å². The fourth-order valence-corrected chi connectivity index (χ4v) is 4.15. The van der Waals surface area contributed by atoms with E-state index >= 15 is 0 Å². The van der Waals surface area contributed by atoms with Crippen molar-refractivity contribution in [1.82, 2.24) is 14.7 Å². The van der Waals surface area contributed by atoms with E-state index in [0.717, 1.165) is 18.9 Å². The zero-order valence-electron chi connectivity index (χ0n) is 17.3. The number of ether oxygens (including phenoxy) is 4. The standard InChI is InChI=1S/C19H26N4O6S/c1-14-21-18(23-7-10-28-11-8-23)13-19(22-14)29-9-6-20-30(24,25)17-12-15(26-2)4-5-16(17)27-3/h4-5,12-13,20H,6-11H2,1-3H3. The monoisotopic (exact) mass is 438 g/mol. The molecule has 0 unspecified atom stereocenters. The van der Waals surface area contributed by atoms with Crippen molar-refractivity contribution in [3.8, 4) is 17.4 Å². The van der Waals surface area contributed by atoms with Gasteiger partial charge in [0.1, 0.15) is 34.6 Å². The van der Waals surface area contributed by atoms with Gasteiger partial charge in [-0.3, -0.25) is 0 Å². The number of hydrogen-bond acceptors (Lipinski definition) is 9. The van der Waals surface area contributed by atoms with Gasteiger partial charge in [-0.25, -0.2) is 18.1 Å². The maximum absolute atomic E-state index is 12.7. The number of rotatable bonds is 9. The second kappa shape index (κ2) is 9.92. The Morgan fingerprint density at radius 1 is 1.13 bits per heavy atom. The summed E-state index contributed by atoms with van der Waals surface area (Å²) < 4.78 is 49.1. The van der Waals surface area contributed by atoms with Crippen molar-refractivity contribution in [2.75, 3.05) is 58.6 Å². The number of aromatic nitrogens is 2. The zero-order valence-corrected chi connectivity index (χ0v) is 18.1. The Hall–Kier alpha value is -2.63. The van der Waals surface area contributed by atoms with Gasteiger partial charge in [0.2, 0.25) is 15.9 Å². The van der Waals surface area contributed by atoms with Crippen molar-refractivity contribution in [3.63, 3.8) is 0 Å². The topological polar surface area (TPSA) is 112 Å². The highest BCUT2D eigenvalue weighted by molar-refractivity contribution is 7.89. The van der Waals surface area contributed by atoms with Gasteiger partial charge in [0, 0.05) is 31.8 Å². The lowest BCUT2D eigenvalue weighted by molar-refractivity contribution is 0.122. The maximum atomic E-state index is 12.7. The van der Waals surface area contributed by atoms with Crippen LogP contribution in [0.3, 0.4) is 0 Å². The van der Waals surface area contributed by atoms with Gasteiger partial charge < -0.3 is 23.8 Å². The minimum atomic E-state index is -3.81. The van der Waals surface area contributed by atoms with Gasteiger partial charge in [-0.2, -0.15) is 4.98 Å². The Morgan fingerprint density at radius 3 is 2.60 bits per heavy atom. The molecular weight excluding hydrogens is 412 g/mol. The molecule has 0 spiro atoms. The highest BCUT2D eigenvalue weighted by Gasteiger charge is 2.20. The molecule has 0 radical (unpaired) electrons. The third kappa shape index (κ3) is 5.49. The lowest BCUT2D eigenvalue weighted by Gasteiger charge is -2.28. The van der Waals surface area contributed by atoms with Gasteiger partial charge in [0.25, 0.3) is 0 Å². The first-order valence-corrected chi connectivity index (χ1v) is 10.9. The van der Waals surface area contributed by atoms with Crippen LogP contribution < -0.4 is 23.8 Å². The molecule has 0 aliphatic carbocycles. The smallest absolute Gasteiger partial charge is 0.244 e. The molecule has 0 saturated carbocycles. The largest absolute Gasteiger partial charge is 0.497 e. The van der Waals surface area contributed by atoms with Crippen LogP contribution in [0.5, 0.6) is 17.4 Å². The molecule has 11 heteroatoms. The zero-order chi connectivity index (χ0) is 21.6. The summed E-state index contributed by atoms with van der Waals surface area (Å²) in [5, 5.41) is 0. The first-order valence-electron chi connectivity index (χ1n) is 9.46. The van der Waals surface area contributed by atoms with Gasteiger partial charge in [-0.1, -0.05) is 0 Å². The van der Waals surface area contributed by atoms with Crippen molar-refractivity contribution >= 4 is 15.8 Å². The second-order valence-corrected chi connectivity index (χ2v) is 8.21. The maximum Gasteiger partial charge on any atom is 0.244 e. The van der Waals surface area contributed by atoms with Crippen LogP contribution in [0.1, 0.15) is 5.82 Å². The molecule has 0 amide bonds. The summed E-state index contributed by atoms with van der Waals surface area (Å²) in [4.78, 5) is 10.8. The van der Waals surface area contributed by atoms with E-state index < -0.39 is 10.0 Å². The highest BCUT2D eigenvalue weighted by atomic mass is 32.2. The highest BCUT2D eigenvalue weighted by Crippen LogP contribution is 2.28. The molecule has 2 aromatic rings. The normalized spacial score (nSPS) is 14.4. The average Bonchev–Trinajstić information content (AvgIpc) is 2.76. The molecule has 3 rings (SSSR count). The molecule has 164 valence electrons. The minimum Gasteiger partial charge on any atom is -0.497 e. The van der Waals surface area contributed by atoms with E-state index in [4.69, 9.17) is 18.9 Å². The van der Waals surface area contributed by atoms with Crippen LogP contribution in [0.2, 0.25) is 0 Å². The number of sulfonamides is 1. The first-order chi connectivity index (χ1) is 14.4. The molecule has 0 bridgehead atoms. The lowest BCUT2D eigenvalue weighted by Crippen LogP contribution is -2.37. The van der Waals surface area contributed by atoms with E-state index in [-0.39, 0.29) is 23.8 Å². The molecule has 1 aromatic carbocycles. The summed E-state index contributed by atoms with van der Waals surface area (Å²) in [6, 6.07) is 6.33. The number of nitrogens with one attached hydrogen (secondary N) is 1. The van der Waals surface area contributed by atoms with Crippen LogP contribution in [0.15, 0.2) is 29.2 Å². The number of nitrogens with zero attached hydrogens (tertiary/aromatic N) is 3. The van der Waals surface area contributed by atoms with E-state index in [2.05, 4.69) is 19.6 Å². The van der Waals surface area contributed by atoms with Crippen molar-refractivity contribution in [2.24, 2.45) is 0 Å². The van der Waals surface area contributed by atoms with Crippen LogP contribution >= 0.6 is 0 Å². The molecule has 30 heavy (non-hydrogen) atoms. The molecule has 1 fully saturated rings. The van der Waals surface area contributed by atoms with E-state index in [1.165, 1.54) is 20.3 Å². The van der Waals surface area contributed by atoms with Crippen LogP contribution in [-0.4, -0.2) is 72.1 Å². The van der Waals surface area contributed by atoms with Gasteiger partial charge in [-0.05, 0) is 19.1 Å². The van der Waals surface area contributed by atoms with Gasteiger partial charge >= 0.3 is 0 Å². The molecule has 1 N–H and O–H groups in total. The van der Waals surface area contributed by atoms with Crippen molar-refractivity contribution in [2.45, 2.75) is 11.8 Å². The summed E-state index contributed by atoms with van der Waals surface area (Å²) in [6.45, 7) is 4.73. The van der Waals surface area contributed by atoms with E-state index in [0.29, 0.717) is 30.7 Å². The molecule has 10 nitrogen and oxygen atoms in total. The van der Waals surface area contributed by atoms with Gasteiger partial charge in [0.15, 0.2) is 0 Å². The van der Waals surface area contributed by atoms with Crippen molar-refractivity contribution < 1.29 is 27.4 Å². The van der Waals surface area contributed by atoms with Crippen molar-refractivity contribution in [1.29, 1.82) is 0 Å². The summed E-state index contributed by atoms with van der Waals surface area (Å²) in [6.07, 6.45) is 0. The molecule has 1 aliphatic rings. The number of hydrogen-bond donors (Lipinski definition) is 1. The fourth-order valence-electron chi connectivity index (χ4n) is 2.96. The Balaban J connectivity index is 1.61. The predicted octanol–water partition coefficient (Wildman–Crippen LogP) is 0.996. The molecular formula is C19H26N4O6S. The Labute approximate surface area is 176 Å². The number of methoxy groups -OCH3 is 2. The van der Waals surface area contributed by atoms with Crippen LogP contribution in [-0.2, 0) is 14.8 Å². The molecule has 1 aliphatic heterocycles. The number of morpholine rings is 1. The van der Waals surface area contributed by atoms with Crippen LogP contribution in [0.25, 0.3) is 0 Å². The Bertz CT molecular complexity index is 963. The summed E-state index contributed by atoms with van der Waals surface area (Å²) >= 11 is 0. The molecule has 0 atom stereocenters. The number of anilines is 1. The Morgan fingerprint density at radius 2 is 1.90 bits per heavy atom. The van der Waals surface area contributed by atoms with Crippen LogP contribution in [0, 0.1) is 6.92 Å². The third-order valence-corrected chi connectivity index (χ3v) is 5.92. The number of benzene rings is 1. The lowest BCUT2D eigenvalue weighted by atomic mass is 10.3. The van der Waals surface area contributed by atoms with Crippen molar-refractivity contribution in [3.05, 3.63) is 30.1 Å². The molecule has 1 saturated heterocycles. The molecule has 2 heterocycles. The first kappa shape index (κ1) is 22.1. The van der Waals surface area contributed by atoms with E-state index in [1.807, 2.05) is 0 Å². The third-order valence-electron chi connectivity index (χ3n) is 4.44. The quantitative estimate of drug-likeness (QED) is 0.573. The van der Waals surface area contributed by atoms with Gasteiger partial charge in [0.05, 0.1) is 27.4 Å². The predicted molar refractivity (Wildman–Crippen MR) is 110 cm³/mol.